The van der Waals surface area contributed by atoms with Gasteiger partial charge in [-0.05, 0) is 57.8 Å². The Labute approximate surface area is 431 Å². The number of ether oxygens (including phenoxy) is 1. The van der Waals surface area contributed by atoms with Crippen LogP contribution in [-0.2, 0) is 14.3 Å². The highest BCUT2D eigenvalue weighted by molar-refractivity contribution is 5.76. The number of amides is 1. The van der Waals surface area contributed by atoms with Crippen LogP contribution in [0.4, 0.5) is 0 Å². The second-order valence-electron chi connectivity index (χ2n) is 21.4. The number of esters is 1. The minimum atomic E-state index is -0.860. The van der Waals surface area contributed by atoms with Crippen molar-refractivity contribution in [3.8, 4) is 0 Å². The molecule has 6 heteroatoms. The molecule has 0 radical (unpaired) electrons. The molecule has 0 aliphatic heterocycles. The van der Waals surface area contributed by atoms with Crippen LogP contribution in [0.2, 0.25) is 0 Å². The van der Waals surface area contributed by atoms with E-state index in [2.05, 4.69) is 31.3 Å². The van der Waals surface area contributed by atoms with E-state index in [1.54, 1.807) is 6.08 Å². The maximum absolute atomic E-state index is 12.5. The first-order chi connectivity index (χ1) is 34.0. The molecule has 2 atom stereocenters. The van der Waals surface area contributed by atoms with Crippen molar-refractivity contribution in [2.45, 2.75) is 353 Å². The van der Waals surface area contributed by atoms with E-state index in [-0.39, 0.29) is 18.5 Å². The van der Waals surface area contributed by atoms with Gasteiger partial charge in [0.2, 0.25) is 5.91 Å². The summed E-state index contributed by atoms with van der Waals surface area (Å²) in [4.78, 5) is 24.6. The summed E-state index contributed by atoms with van der Waals surface area (Å²) in [5, 5.41) is 23.2. The standard InChI is InChI=1S/C63H121NO5/c1-3-5-7-9-11-13-15-17-19-21-23-24-25-26-28-29-31-33-35-39-43-47-51-55-61(66)60(59-65)64-62(67)56-52-48-44-40-37-38-42-46-50-54-58-69-63(68)57-53-49-45-41-36-34-32-30-27-22-20-18-16-14-12-10-8-6-4-2/h18,20,51,55,60-61,65-66H,3-17,19,21-50,52-54,56-59H2,1-2H3,(H,64,67)/b20-18-,55-51+. The van der Waals surface area contributed by atoms with Crippen LogP contribution in [0.25, 0.3) is 0 Å². The molecule has 0 aromatic carbocycles. The first-order valence-electron chi connectivity index (χ1n) is 31.1. The van der Waals surface area contributed by atoms with Crippen molar-refractivity contribution < 1.29 is 24.5 Å². The van der Waals surface area contributed by atoms with Crippen molar-refractivity contribution in [2.24, 2.45) is 0 Å². The van der Waals surface area contributed by atoms with Crippen molar-refractivity contribution in [2.75, 3.05) is 13.2 Å². The highest BCUT2D eigenvalue weighted by Crippen LogP contribution is 2.17. The molecule has 0 rings (SSSR count). The number of aliphatic hydroxyl groups is 2. The van der Waals surface area contributed by atoms with E-state index >= 15 is 0 Å². The molecule has 69 heavy (non-hydrogen) atoms. The quantitative estimate of drug-likeness (QED) is 0.0321. The molecule has 6 nitrogen and oxygen atoms in total. The molecule has 0 saturated carbocycles. The van der Waals surface area contributed by atoms with Gasteiger partial charge in [0.1, 0.15) is 0 Å². The van der Waals surface area contributed by atoms with E-state index in [9.17, 15) is 19.8 Å². The van der Waals surface area contributed by atoms with E-state index in [1.807, 2.05) is 6.08 Å². The van der Waals surface area contributed by atoms with Crippen molar-refractivity contribution in [3.63, 3.8) is 0 Å². The normalized spacial score (nSPS) is 12.7. The van der Waals surface area contributed by atoms with Crippen LogP contribution in [0, 0.1) is 0 Å². The van der Waals surface area contributed by atoms with Gasteiger partial charge in [0.25, 0.3) is 0 Å². The number of aliphatic hydroxyl groups excluding tert-OH is 2. The molecule has 0 aliphatic rings. The third kappa shape index (κ3) is 55.5. The predicted molar refractivity (Wildman–Crippen MR) is 301 cm³/mol. The van der Waals surface area contributed by atoms with Crippen LogP contribution < -0.4 is 5.32 Å². The van der Waals surface area contributed by atoms with Crippen molar-refractivity contribution in [3.05, 3.63) is 24.3 Å². The fourth-order valence-corrected chi connectivity index (χ4v) is 9.69. The number of carbonyl (C=O) groups excluding carboxylic acids is 2. The summed E-state index contributed by atoms with van der Waals surface area (Å²) in [5.41, 5.74) is 0. The average molecular weight is 973 g/mol. The van der Waals surface area contributed by atoms with Crippen LogP contribution in [0.5, 0.6) is 0 Å². The molecule has 0 heterocycles. The lowest BCUT2D eigenvalue weighted by Crippen LogP contribution is -2.45. The lowest BCUT2D eigenvalue weighted by Gasteiger charge is -2.20. The van der Waals surface area contributed by atoms with Crippen molar-refractivity contribution >= 4 is 11.9 Å². The molecule has 0 aromatic rings. The molecule has 0 fully saturated rings. The van der Waals surface area contributed by atoms with Gasteiger partial charge in [0, 0.05) is 12.8 Å². The number of unbranched alkanes of at least 4 members (excludes halogenated alkanes) is 45. The maximum Gasteiger partial charge on any atom is 0.305 e. The number of allylic oxidation sites excluding steroid dienone is 3. The molecule has 2 unspecified atom stereocenters. The Bertz CT molecular complexity index is 1080. The molecule has 408 valence electrons. The molecule has 0 spiro atoms. The lowest BCUT2D eigenvalue weighted by atomic mass is 10.0. The summed E-state index contributed by atoms with van der Waals surface area (Å²) in [6.45, 7) is 4.87. The Morgan fingerprint density at radius 1 is 0.391 bits per heavy atom. The highest BCUT2D eigenvalue weighted by atomic mass is 16.5. The van der Waals surface area contributed by atoms with Gasteiger partial charge >= 0.3 is 5.97 Å². The number of rotatable bonds is 58. The maximum atomic E-state index is 12.5. The third-order valence-electron chi connectivity index (χ3n) is 14.5. The fourth-order valence-electron chi connectivity index (χ4n) is 9.69. The Hall–Kier alpha value is -1.66. The second-order valence-corrected chi connectivity index (χ2v) is 21.4. The Kier molecular flexibility index (Phi) is 57.5. The van der Waals surface area contributed by atoms with Crippen LogP contribution in [0.3, 0.4) is 0 Å². The zero-order chi connectivity index (χ0) is 50.0. The van der Waals surface area contributed by atoms with Gasteiger partial charge in [-0.1, -0.05) is 295 Å². The summed E-state index contributed by atoms with van der Waals surface area (Å²) in [7, 11) is 0. The van der Waals surface area contributed by atoms with E-state index in [0.717, 1.165) is 57.8 Å². The summed E-state index contributed by atoms with van der Waals surface area (Å²) in [6, 6.07) is -0.646. The minimum Gasteiger partial charge on any atom is -0.466 e. The molecule has 1 amide bonds. The zero-order valence-electron chi connectivity index (χ0n) is 46.6. The van der Waals surface area contributed by atoms with Crippen LogP contribution >= 0.6 is 0 Å². The first-order valence-corrected chi connectivity index (χ1v) is 31.1. The Morgan fingerprint density at radius 3 is 1.03 bits per heavy atom. The molecule has 0 saturated heterocycles. The van der Waals surface area contributed by atoms with Crippen molar-refractivity contribution in [1.29, 1.82) is 0 Å². The largest absolute Gasteiger partial charge is 0.466 e. The topological polar surface area (TPSA) is 95.9 Å². The zero-order valence-corrected chi connectivity index (χ0v) is 46.6. The first kappa shape index (κ1) is 67.3. The monoisotopic (exact) mass is 972 g/mol. The van der Waals surface area contributed by atoms with Gasteiger partial charge in [-0.15, -0.1) is 0 Å². The Morgan fingerprint density at radius 2 is 0.681 bits per heavy atom. The van der Waals surface area contributed by atoms with E-state index in [0.29, 0.717) is 19.4 Å². The van der Waals surface area contributed by atoms with Gasteiger partial charge in [-0.2, -0.15) is 0 Å². The molecule has 3 N–H and O–H groups in total. The van der Waals surface area contributed by atoms with Gasteiger partial charge in [0.15, 0.2) is 0 Å². The van der Waals surface area contributed by atoms with Gasteiger partial charge in [-0.3, -0.25) is 9.59 Å². The summed E-state index contributed by atoms with van der Waals surface area (Å²) < 4.78 is 5.48. The molecular formula is C63H121NO5. The third-order valence-corrected chi connectivity index (χ3v) is 14.5. The average Bonchev–Trinajstić information content (AvgIpc) is 3.35. The van der Waals surface area contributed by atoms with E-state index in [4.69, 9.17) is 4.74 Å². The van der Waals surface area contributed by atoms with Gasteiger partial charge in [-0.25, -0.2) is 0 Å². The Balaban J connectivity index is 3.48. The van der Waals surface area contributed by atoms with Gasteiger partial charge in [0.05, 0.1) is 25.4 Å². The van der Waals surface area contributed by atoms with Crippen LogP contribution in [0.15, 0.2) is 24.3 Å². The van der Waals surface area contributed by atoms with Crippen molar-refractivity contribution in [1.82, 2.24) is 5.32 Å². The fraction of sp³-hybridized carbons (Fsp3) is 0.905. The van der Waals surface area contributed by atoms with E-state index < -0.39 is 12.1 Å². The molecule has 0 aromatic heterocycles. The SMILES string of the molecule is CCCCCCCC/C=C\CCCCCCCCCCCC(=O)OCCCCCCCCCCCCC(=O)NC(CO)C(O)/C=C/CCCCCCCCCCCCCCCCCCCCCCC. The number of hydrogen-bond acceptors (Lipinski definition) is 5. The summed E-state index contributed by atoms with van der Waals surface area (Å²) in [6.07, 6.45) is 72.1. The number of nitrogens with one attached hydrogen (secondary N) is 1. The number of hydrogen-bond donors (Lipinski definition) is 3. The lowest BCUT2D eigenvalue weighted by molar-refractivity contribution is -0.143. The van der Waals surface area contributed by atoms with Gasteiger partial charge < -0.3 is 20.3 Å². The number of carbonyl (C=O) groups is 2. The smallest absolute Gasteiger partial charge is 0.305 e. The predicted octanol–water partition coefficient (Wildman–Crippen LogP) is 19.4. The van der Waals surface area contributed by atoms with Crippen LogP contribution in [0.1, 0.15) is 341 Å². The minimum absolute atomic E-state index is 0.0203. The summed E-state index contributed by atoms with van der Waals surface area (Å²) >= 11 is 0. The highest BCUT2D eigenvalue weighted by Gasteiger charge is 2.18. The van der Waals surface area contributed by atoms with E-state index in [1.165, 1.54) is 257 Å². The second kappa shape index (κ2) is 58.9. The summed E-state index contributed by atoms with van der Waals surface area (Å²) in [5.74, 6) is -0.107. The molecule has 0 aliphatic carbocycles. The van der Waals surface area contributed by atoms with Crippen LogP contribution in [-0.4, -0.2) is 47.4 Å². The molecular weight excluding hydrogens is 851 g/mol. The molecule has 0 bridgehead atoms.